The number of amides is 1. The van der Waals surface area contributed by atoms with Gasteiger partial charge in [0.25, 0.3) is 0 Å². The number of anilines is 1. The van der Waals surface area contributed by atoms with E-state index in [1.54, 1.807) is 11.6 Å². The lowest BCUT2D eigenvalue weighted by molar-refractivity contribution is -0.126. The van der Waals surface area contributed by atoms with E-state index in [2.05, 4.69) is 20.4 Å². The molecule has 4 aromatic rings. The summed E-state index contributed by atoms with van der Waals surface area (Å²) in [5, 5.41) is 17.2. The molecule has 8 nitrogen and oxygen atoms in total. The molecule has 9 heteroatoms. The van der Waals surface area contributed by atoms with Crippen LogP contribution in [-0.2, 0) is 4.79 Å². The molecule has 1 aliphatic rings. The van der Waals surface area contributed by atoms with Crippen molar-refractivity contribution in [2.75, 3.05) is 25.1 Å². The Hall–Kier alpha value is -3.65. The molecule has 35 heavy (non-hydrogen) atoms. The van der Waals surface area contributed by atoms with E-state index in [0.717, 1.165) is 48.6 Å². The molecular formula is C26H27ClN6O2. The second kappa shape index (κ2) is 9.92. The summed E-state index contributed by atoms with van der Waals surface area (Å²) in [5.74, 6) is 2.36. The van der Waals surface area contributed by atoms with E-state index in [9.17, 15) is 4.79 Å². The quantitative estimate of drug-likeness (QED) is 0.427. The lowest BCUT2D eigenvalue weighted by Crippen LogP contribution is -2.41. The highest BCUT2D eigenvalue weighted by molar-refractivity contribution is 6.30. The third-order valence-electron chi connectivity index (χ3n) is 6.49. The van der Waals surface area contributed by atoms with Crippen LogP contribution in [0.15, 0.2) is 60.7 Å². The van der Waals surface area contributed by atoms with Gasteiger partial charge in [0.05, 0.1) is 13.2 Å². The summed E-state index contributed by atoms with van der Waals surface area (Å²) in [7, 11) is 1.64. The minimum Gasteiger partial charge on any atom is -0.497 e. The Bertz CT molecular complexity index is 1330. The zero-order valence-corrected chi connectivity index (χ0v) is 20.4. The topological polar surface area (TPSA) is 84.6 Å². The van der Waals surface area contributed by atoms with E-state index >= 15 is 0 Å². The molecule has 1 saturated heterocycles. The highest BCUT2D eigenvalue weighted by Crippen LogP contribution is 2.26. The second-order valence-corrected chi connectivity index (χ2v) is 9.20. The fourth-order valence-electron chi connectivity index (χ4n) is 4.42. The molecule has 1 N–H and O–H groups in total. The first-order valence-electron chi connectivity index (χ1n) is 11.7. The van der Waals surface area contributed by atoms with Crippen LogP contribution >= 0.6 is 11.6 Å². The Morgan fingerprint density at radius 1 is 1.09 bits per heavy atom. The summed E-state index contributed by atoms with van der Waals surface area (Å²) in [4.78, 5) is 15.1. The van der Waals surface area contributed by atoms with E-state index in [0.29, 0.717) is 16.5 Å². The number of carbonyl (C=O) groups excluding carboxylic acids is 1. The molecule has 1 fully saturated rings. The van der Waals surface area contributed by atoms with Crippen molar-refractivity contribution in [3.05, 3.63) is 71.2 Å². The maximum Gasteiger partial charge on any atom is 0.223 e. The van der Waals surface area contributed by atoms with Crippen molar-refractivity contribution in [1.82, 2.24) is 25.1 Å². The molecule has 1 unspecified atom stereocenters. The van der Waals surface area contributed by atoms with Gasteiger partial charge in [0.1, 0.15) is 11.6 Å². The van der Waals surface area contributed by atoms with Crippen LogP contribution in [0.3, 0.4) is 0 Å². The Labute approximate surface area is 208 Å². The number of nitrogens with one attached hydrogen (secondary N) is 1. The zero-order chi connectivity index (χ0) is 24.4. The van der Waals surface area contributed by atoms with Crippen LogP contribution in [-0.4, -0.2) is 45.9 Å². The number of hydrogen-bond donors (Lipinski definition) is 1. The lowest BCUT2D eigenvalue weighted by Gasteiger charge is -2.32. The molecule has 5 rings (SSSR count). The predicted octanol–water partition coefficient (Wildman–Crippen LogP) is 4.55. The number of aromatic nitrogens is 4. The molecule has 2 aromatic heterocycles. The number of halogens is 1. The average molecular weight is 491 g/mol. The van der Waals surface area contributed by atoms with Crippen molar-refractivity contribution in [1.29, 1.82) is 0 Å². The molecule has 0 spiro atoms. The van der Waals surface area contributed by atoms with Crippen molar-refractivity contribution in [2.45, 2.75) is 25.8 Å². The molecule has 2 aromatic carbocycles. The highest BCUT2D eigenvalue weighted by atomic mass is 35.5. The Balaban J connectivity index is 1.24. The SMILES string of the molecule is COc1cccc(C(C)NC(=O)C2CCN(c3ccc4nnc(-c5ccc(Cl)cc5)n4n3)CC2)c1. The van der Waals surface area contributed by atoms with E-state index in [1.165, 1.54) is 0 Å². The Morgan fingerprint density at radius 3 is 2.60 bits per heavy atom. The number of rotatable bonds is 6. The molecule has 1 aliphatic heterocycles. The monoisotopic (exact) mass is 490 g/mol. The van der Waals surface area contributed by atoms with Gasteiger partial charge in [-0.05, 0) is 73.9 Å². The van der Waals surface area contributed by atoms with Crippen molar-refractivity contribution in [3.63, 3.8) is 0 Å². The van der Waals surface area contributed by atoms with Crippen LogP contribution in [0.4, 0.5) is 5.82 Å². The minimum atomic E-state index is -0.0836. The van der Waals surface area contributed by atoms with Crippen molar-refractivity contribution in [3.8, 4) is 17.1 Å². The third-order valence-corrected chi connectivity index (χ3v) is 6.75. The minimum absolute atomic E-state index is 0.0254. The largest absolute Gasteiger partial charge is 0.497 e. The van der Waals surface area contributed by atoms with E-state index in [4.69, 9.17) is 21.4 Å². The molecule has 3 heterocycles. The van der Waals surface area contributed by atoms with Crippen LogP contribution in [0.25, 0.3) is 17.0 Å². The molecule has 0 aliphatic carbocycles. The number of benzene rings is 2. The van der Waals surface area contributed by atoms with Gasteiger partial charge in [0.15, 0.2) is 11.5 Å². The van der Waals surface area contributed by atoms with E-state index in [1.807, 2.05) is 67.6 Å². The number of piperidine rings is 1. The summed E-state index contributed by atoms with van der Waals surface area (Å²) in [5.41, 5.74) is 2.60. The number of ether oxygens (including phenoxy) is 1. The Kier molecular flexibility index (Phi) is 6.55. The summed E-state index contributed by atoms with van der Waals surface area (Å²) in [6, 6.07) is 19.1. The van der Waals surface area contributed by atoms with E-state index < -0.39 is 0 Å². The smallest absolute Gasteiger partial charge is 0.223 e. The van der Waals surface area contributed by atoms with Crippen LogP contribution in [0.1, 0.15) is 31.4 Å². The maximum atomic E-state index is 12.9. The van der Waals surface area contributed by atoms with Gasteiger partial charge >= 0.3 is 0 Å². The van der Waals surface area contributed by atoms with Gasteiger partial charge < -0.3 is 15.0 Å². The highest BCUT2D eigenvalue weighted by Gasteiger charge is 2.27. The molecule has 1 atom stereocenters. The summed E-state index contributed by atoms with van der Waals surface area (Å²) in [6.45, 7) is 3.50. The van der Waals surface area contributed by atoms with Gasteiger partial charge in [-0.25, -0.2) is 0 Å². The number of methoxy groups -OCH3 is 1. The lowest BCUT2D eigenvalue weighted by atomic mass is 9.95. The number of hydrogen-bond acceptors (Lipinski definition) is 6. The standard InChI is InChI=1S/C26H27ClN6O2/c1-17(20-4-3-5-22(16-20)35-2)28-26(34)19-12-14-32(15-13-19)24-11-10-23-29-30-25(33(23)31-24)18-6-8-21(27)9-7-18/h3-11,16-17,19H,12-15H2,1-2H3,(H,28,34). The van der Waals surface area contributed by atoms with Gasteiger partial charge in [-0.2, -0.15) is 4.52 Å². The molecular weight excluding hydrogens is 464 g/mol. The Morgan fingerprint density at radius 2 is 1.86 bits per heavy atom. The first-order valence-corrected chi connectivity index (χ1v) is 12.1. The average Bonchev–Trinajstić information content (AvgIpc) is 3.32. The van der Waals surface area contributed by atoms with Gasteiger partial charge in [0.2, 0.25) is 5.91 Å². The van der Waals surface area contributed by atoms with Crippen LogP contribution < -0.4 is 15.0 Å². The second-order valence-electron chi connectivity index (χ2n) is 8.76. The first kappa shape index (κ1) is 23.1. The van der Waals surface area contributed by atoms with Gasteiger partial charge in [-0.15, -0.1) is 15.3 Å². The number of nitrogens with zero attached hydrogens (tertiary/aromatic N) is 5. The third kappa shape index (κ3) is 4.93. The van der Waals surface area contributed by atoms with E-state index in [-0.39, 0.29) is 17.9 Å². The van der Waals surface area contributed by atoms with Gasteiger partial charge in [-0.3, -0.25) is 4.79 Å². The summed E-state index contributed by atoms with van der Waals surface area (Å²) < 4.78 is 7.06. The van der Waals surface area contributed by atoms with Crippen LogP contribution in [0, 0.1) is 5.92 Å². The normalized spacial score (nSPS) is 15.2. The maximum absolute atomic E-state index is 12.9. The first-order chi connectivity index (χ1) is 17.0. The van der Waals surface area contributed by atoms with Crippen molar-refractivity contribution >= 4 is 29.0 Å². The predicted molar refractivity (Wildman–Crippen MR) is 136 cm³/mol. The zero-order valence-electron chi connectivity index (χ0n) is 19.7. The van der Waals surface area contributed by atoms with Crippen LogP contribution in [0.5, 0.6) is 5.75 Å². The van der Waals surface area contributed by atoms with Gasteiger partial charge in [0, 0.05) is 29.6 Å². The number of fused-ring (bicyclic) bond motifs is 1. The summed E-state index contributed by atoms with van der Waals surface area (Å²) >= 11 is 6.02. The summed E-state index contributed by atoms with van der Waals surface area (Å²) in [6.07, 6.45) is 1.53. The molecule has 180 valence electrons. The van der Waals surface area contributed by atoms with Crippen LogP contribution in [0.2, 0.25) is 5.02 Å². The molecule has 0 saturated carbocycles. The fraction of sp³-hybridized carbons (Fsp3) is 0.308. The van der Waals surface area contributed by atoms with Crippen molar-refractivity contribution < 1.29 is 9.53 Å². The number of carbonyl (C=O) groups is 1. The van der Waals surface area contributed by atoms with Crippen molar-refractivity contribution in [2.24, 2.45) is 5.92 Å². The molecule has 0 bridgehead atoms. The molecule has 1 amide bonds. The molecule has 0 radical (unpaired) electrons. The fourth-order valence-corrected chi connectivity index (χ4v) is 4.55. The van der Waals surface area contributed by atoms with Gasteiger partial charge in [-0.1, -0.05) is 23.7 Å².